The molecule has 0 radical (unpaired) electrons. The highest BCUT2D eigenvalue weighted by molar-refractivity contribution is 5.98. The van der Waals surface area contributed by atoms with Crippen LogP contribution in [0.25, 0.3) is 0 Å². The Balaban J connectivity index is 1.60. The highest BCUT2D eigenvalue weighted by atomic mass is 19.1. The van der Waals surface area contributed by atoms with Gasteiger partial charge in [0, 0.05) is 29.7 Å². The minimum absolute atomic E-state index is 0.203. The third-order valence-electron chi connectivity index (χ3n) is 5.71. The van der Waals surface area contributed by atoms with Crippen LogP contribution < -0.4 is 9.80 Å². The molecule has 1 aromatic heterocycles. The van der Waals surface area contributed by atoms with Gasteiger partial charge in [-0.15, -0.1) is 0 Å². The molecule has 1 N–H and O–H groups in total. The van der Waals surface area contributed by atoms with Crippen molar-refractivity contribution in [1.82, 2.24) is 4.57 Å². The van der Waals surface area contributed by atoms with E-state index in [-0.39, 0.29) is 17.6 Å². The summed E-state index contributed by atoms with van der Waals surface area (Å²) in [5.41, 5.74) is 3.99. The summed E-state index contributed by atoms with van der Waals surface area (Å²) in [6, 6.07) is 8.86. The number of ether oxygens (including phenoxy) is 1. The van der Waals surface area contributed by atoms with Gasteiger partial charge < -0.3 is 19.1 Å². The summed E-state index contributed by atoms with van der Waals surface area (Å²) in [5, 5.41) is 0. The molecule has 2 aromatic rings. The van der Waals surface area contributed by atoms with Gasteiger partial charge in [-0.25, -0.2) is 4.39 Å². The first kappa shape index (κ1) is 20.6. The van der Waals surface area contributed by atoms with E-state index >= 15 is 0 Å². The van der Waals surface area contributed by atoms with E-state index in [1.54, 1.807) is 7.11 Å². The zero-order valence-corrected chi connectivity index (χ0v) is 17.3. The van der Waals surface area contributed by atoms with Gasteiger partial charge in [0.15, 0.2) is 0 Å². The maximum absolute atomic E-state index is 13.1. The van der Waals surface area contributed by atoms with E-state index in [0.717, 1.165) is 48.8 Å². The van der Waals surface area contributed by atoms with Crippen molar-refractivity contribution in [2.24, 2.45) is 0 Å². The van der Waals surface area contributed by atoms with Crippen molar-refractivity contribution in [2.45, 2.75) is 26.8 Å². The Labute approximate surface area is 166 Å². The third-order valence-corrected chi connectivity index (χ3v) is 5.71. The van der Waals surface area contributed by atoms with Gasteiger partial charge in [0.25, 0.3) is 0 Å². The normalized spacial score (nSPS) is 16.4. The smallest absolute Gasteiger partial charge is 0.218 e. The lowest BCUT2D eigenvalue weighted by molar-refractivity contribution is -0.892. The number of rotatable bonds is 7. The average Bonchev–Trinajstić information content (AvgIpc) is 2.97. The topological polar surface area (TPSA) is 38.9 Å². The van der Waals surface area contributed by atoms with Crippen LogP contribution in [-0.4, -0.2) is 56.8 Å². The SMILES string of the molecule is COC[C@@H](C)n1c(C)cc(C(=O)C[NH+]2CCN(c3ccc(F)cc3)CC2)c1C. The van der Waals surface area contributed by atoms with E-state index in [1.165, 1.54) is 17.0 Å². The third kappa shape index (κ3) is 4.45. The molecule has 3 rings (SSSR count). The molecule has 1 atom stereocenters. The number of hydrogen-bond acceptors (Lipinski definition) is 3. The quantitative estimate of drug-likeness (QED) is 0.738. The maximum Gasteiger partial charge on any atom is 0.218 e. The van der Waals surface area contributed by atoms with Crippen LogP contribution >= 0.6 is 0 Å². The summed E-state index contributed by atoms with van der Waals surface area (Å²) in [7, 11) is 1.70. The van der Waals surface area contributed by atoms with Crippen LogP contribution in [0.3, 0.4) is 0 Å². The van der Waals surface area contributed by atoms with Gasteiger partial charge >= 0.3 is 0 Å². The van der Waals surface area contributed by atoms with Crippen molar-refractivity contribution in [1.29, 1.82) is 0 Å². The van der Waals surface area contributed by atoms with Crippen LogP contribution in [0.15, 0.2) is 30.3 Å². The predicted molar refractivity (Wildman–Crippen MR) is 109 cm³/mol. The number of Topliss-reactive ketones (excluding diaryl/α,β-unsaturated/α-hetero) is 1. The molecule has 0 amide bonds. The lowest BCUT2D eigenvalue weighted by atomic mass is 10.1. The van der Waals surface area contributed by atoms with Crippen LogP contribution in [0.2, 0.25) is 0 Å². The first-order chi connectivity index (χ1) is 13.4. The molecule has 0 bridgehead atoms. The van der Waals surface area contributed by atoms with Gasteiger partial charge in [-0.05, 0) is 51.1 Å². The number of piperazine rings is 1. The van der Waals surface area contributed by atoms with Crippen molar-refractivity contribution in [3.63, 3.8) is 0 Å². The number of carbonyl (C=O) groups excluding carboxylic acids is 1. The standard InChI is InChI=1S/C22H30FN3O2/c1-16-13-21(18(3)26(16)17(2)15-28-4)22(27)14-24-9-11-25(12-10-24)20-7-5-19(23)6-8-20/h5-8,13,17H,9-12,14-15H2,1-4H3/p+1/t17-/m1/s1. The van der Waals surface area contributed by atoms with Gasteiger partial charge in [0.05, 0.1) is 38.8 Å². The Hall–Kier alpha value is -2.18. The summed E-state index contributed by atoms with van der Waals surface area (Å²) >= 11 is 0. The van der Waals surface area contributed by atoms with Crippen LogP contribution in [0.4, 0.5) is 10.1 Å². The van der Waals surface area contributed by atoms with E-state index in [1.807, 2.05) is 32.0 Å². The highest BCUT2D eigenvalue weighted by Crippen LogP contribution is 2.21. The Morgan fingerprint density at radius 1 is 1.21 bits per heavy atom. The molecule has 0 aliphatic carbocycles. The van der Waals surface area contributed by atoms with Gasteiger partial charge in [-0.3, -0.25) is 4.79 Å². The monoisotopic (exact) mass is 388 g/mol. The number of aromatic nitrogens is 1. The summed E-state index contributed by atoms with van der Waals surface area (Å²) in [4.78, 5) is 16.5. The summed E-state index contributed by atoms with van der Waals surface area (Å²) in [6.07, 6.45) is 0. The maximum atomic E-state index is 13.1. The first-order valence-corrected chi connectivity index (χ1v) is 9.95. The minimum atomic E-state index is -0.212. The number of methoxy groups -OCH3 is 1. The van der Waals surface area contributed by atoms with E-state index < -0.39 is 0 Å². The zero-order chi connectivity index (χ0) is 20.3. The highest BCUT2D eigenvalue weighted by Gasteiger charge is 2.25. The van der Waals surface area contributed by atoms with Crippen LogP contribution in [0, 0.1) is 19.7 Å². The van der Waals surface area contributed by atoms with Crippen molar-refractivity contribution in [2.75, 3.05) is 51.3 Å². The van der Waals surface area contributed by atoms with Crippen LogP contribution in [-0.2, 0) is 4.74 Å². The number of aryl methyl sites for hydroxylation is 1. The van der Waals surface area contributed by atoms with E-state index in [4.69, 9.17) is 4.74 Å². The predicted octanol–water partition coefficient (Wildman–Crippen LogP) is 2.04. The molecule has 1 aliphatic heterocycles. The lowest BCUT2D eigenvalue weighted by Gasteiger charge is -2.33. The van der Waals surface area contributed by atoms with Gasteiger partial charge in [-0.1, -0.05) is 0 Å². The number of nitrogens with one attached hydrogen (secondary N) is 1. The molecular formula is C22H31FN3O2+. The summed E-state index contributed by atoms with van der Waals surface area (Å²) in [5.74, 6) is -0.00905. The van der Waals surface area contributed by atoms with E-state index in [0.29, 0.717) is 13.2 Å². The number of quaternary nitrogens is 1. The van der Waals surface area contributed by atoms with Crippen molar-refractivity contribution in [3.8, 4) is 0 Å². The van der Waals surface area contributed by atoms with Gasteiger partial charge in [0.1, 0.15) is 12.4 Å². The summed E-state index contributed by atoms with van der Waals surface area (Å²) < 4.78 is 20.6. The van der Waals surface area contributed by atoms with Crippen molar-refractivity contribution >= 4 is 11.5 Å². The van der Waals surface area contributed by atoms with E-state index in [2.05, 4.69) is 16.4 Å². The number of halogens is 1. The second kappa shape index (κ2) is 8.88. The number of hydrogen-bond donors (Lipinski definition) is 1. The second-order valence-corrected chi connectivity index (χ2v) is 7.77. The Bertz CT molecular complexity index is 808. The van der Waals surface area contributed by atoms with Gasteiger partial charge in [0.2, 0.25) is 5.78 Å². The Morgan fingerprint density at radius 2 is 1.86 bits per heavy atom. The van der Waals surface area contributed by atoms with Crippen LogP contribution in [0.5, 0.6) is 0 Å². The number of nitrogens with zero attached hydrogens (tertiary/aromatic N) is 2. The Morgan fingerprint density at radius 3 is 2.46 bits per heavy atom. The van der Waals surface area contributed by atoms with E-state index in [9.17, 15) is 9.18 Å². The molecule has 0 unspecified atom stereocenters. The first-order valence-electron chi connectivity index (χ1n) is 9.95. The lowest BCUT2D eigenvalue weighted by Crippen LogP contribution is -3.15. The number of benzene rings is 1. The number of anilines is 1. The fourth-order valence-electron chi connectivity index (χ4n) is 4.29. The van der Waals surface area contributed by atoms with Crippen LogP contribution in [0.1, 0.15) is 34.7 Å². The van der Waals surface area contributed by atoms with Crippen molar-refractivity contribution in [3.05, 3.63) is 53.1 Å². The molecular weight excluding hydrogens is 357 g/mol. The fraction of sp³-hybridized carbons (Fsp3) is 0.500. The molecule has 1 fully saturated rings. The molecule has 5 nitrogen and oxygen atoms in total. The molecule has 28 heavy (non-hydrogen) atoms. The molecule has 152 valence electrons. The molecule has 6 heteroatoms. The average molecular weight is 389 g/mol. The number of carbonyl (C=O) groups is 1. The molecule has 0 saturated carbocycles. The molecule has 0 spiro atoms. The van der Waals surface area contributed by atoms with Crippen molar-refractivity contribution < 1.29 is 18.8 Å². The molecule has 1 aromatic carbocycles. The summed E-state index contributed by atoms with van der Waals surface area (Å²) in [6.45, 7) is 10.9. The molecule has 1 aliphatic rings. The zero-order valence-electron chi connectivity index (χ0n) is 17.3. The second-order valence-electron chi connectivity index (χ2n) is 7.77. The Kier molecular flexibility index (Phi) is 6.52. The van der Waals surface area contributed by atoms with Gasteiger partial charge in [-0.2, -0.15) is 0 Å². The molecule has 1 saturated heterocycles. The largest absolute Gasteiger partial charge is 0.383 e. The minimum Gasteiger partial charge on any atom is -0.383 e. The molecule has 2 heterocycles. The number of ketones is 1. The fourth-order valence-corrected chi connectivity index (χ4v) is 4.29.